The second kappa shape index (κ2) is 5.25. The average Bonchev–Trinajstić information content (AvgIpc) is 2.86. The molecule has 2 bridgehead atoms. The Morgan fingerprint density at radius 1 is 0.960 bits per heavy atom. The fraction of sp³-hybridized carbons (Fsp3) is 0.474. The minimum atomic E-state index is -1.44. The molecule has 6 nitrogen and oxygen atoms in total. The predicted octanol–water partition coefficient (Wildman–Crippen LogP) is 2.34. The summed E-state index contributed by atoms with van der Waals surface area (Å²) in [7, 11) is 1.28. The van der Waals surface area contributed by atoms with Crippen molar-refractivity contribution in [2.24, 2.45) is 16.2 Å². The Hall–Kier alpha value is -2.50. The van der Waals surface area contributed by atoms with Crippen molar-refractivity contribution in [2.75, 3.05) is 7.11 Å². The Morgan fingerprint density at radius 3 is 2.04 bits per heavy atom. The van der Waals surface area contributed by atoms with Crippen LogP contribution in [0.25, 0.3) is 0 Å². The quantitative estimate of drug-likeness (QED) is 0.362. The lowest BCUT2D eigenvalue weighted by atomic mass is 9.65. The summed E-state index contributed by atoms with van der Waals surface area (Å²) >= 11 is 0. The maximum Gasteiger partial charge on any atom is 0.337 e. The van der Waals surface area contributed by atoms with Crippen LogP contribution in [0, 0.1) is 16.2 Å². The van der Waals surface area contributed by atoms with Crippen LogP contribution in [0.2, 0.25) is 0 Å². The van der Waals surface area contributed by atoms with Gasteiger partial charge >= 0.3 is 11.9 Å². The maximum absolute atomic E-state index is 12.9. The van der Waals surface area contributed by atoms with E-state index in [9.17, 15) is 19.2 Å². The summed E-state index contributed by atoms with van der Waals surface area (Å²) in [6.07, 6.45) is 0.793. The fourth-order valence-electron chi connectivity index (χ4n) is 4.19. The number of fused-ring (bicyclic) bond motifs is 2. The van der Waals surface area contributed by atoms with Crippen molar-refractivity contribution in [3.8, 4) is 5.75 Å². The molecular weight excluding hydrogens is 324 g/mol. The molecule has 0 radical (unpaired) electrons. The van der Waals surface area contributed by atoms with Gasteiger partial charge in [-0.2, -0.15) is 0 Å². The lowest BCUT2D eigenvalue weighted by molar-refractivity contribution is -0.157. The molecule has 25 heavy (non-hydrogen) atoms. The Balaban J connectivity index is 1.90. The normalized spacial score (nSPS) is 29.6. The van der Waals surface area contributed by atoms with Gasteiger partial charge in [0.15, 0.2) is 0 Å². The number of hydrogen-bond acceptors (Lipinski definition) is 6. The van der Waals surface area contributed by atoms with Crippen LogP contribution >= 0.6 is 0 Å². The Bertz CT molecular complexity index is 791. The van der Waals surface area contributed by atoms with Crippen molar-refractivity contribution in [2.45, 2.75) is 33.6 Å². The first-order valence-corrected chi connectivity index (χ1v) is 8.12. The zero-order valence-electron chi connectivity index (χ0n) is 14.7. The standard InChI is InChI=1S/C19H20O6/c1-17(2)18(3)9-10-19(17,14(21)13(18)20)16(23)25-12-7-5-11(6-8-12)15(22)24-4/h5-8H,9-10H2,1-4H3/t18-,19-/m1/s1. The van der Waals surface area contributed by atoms with Crippen molar-refractivity contribution in [1.29, 1.82) is 0 Å². The summed E-state index contributed by atoms with van der Waals surface area (Å²) in [6.45, 7) is 5.31. The van der Waals surface area contributed by atoms with E-state index in [2.05, 4.69) is 4.74 Å². The molecule has 1 aromatic carbocycles. The van der Waals surface area contributed by atoms with Gasteiger partial charge in [0, 0.05) is 10.8 Å². The Kier molecular flexibility index (Phi) is 3.64. The summed E-state index contributed by atoms with van der Waals surface area (Å²) in [5, 5.41) is 0. The van der Waals surface area contributed by atoms with Gasteiger partial charge in [0.25, 0.3) is 0 Å². The van der Waals surface area contributed by atoms with Crippen LogP contribution < -0.4 is 4.74 Å². The Labute approximate surface area is 145 Å². The molecule has 2 fully saturated rings. The molecule has 2 saturated carbocycles. The van der Waals surface area contributed by atoms with Gasteiger partial charge in [0.1, 0.15) is 11.2 Å². The van der Waals surface area contributed by atoms with Gasteiger partial charge in [-0.25, -0.2) is 4.79 Å². The van der Waals surface area contributed by atoms with Gasteiger partial charge in [0.2, 0.25) is 11.6 Å². The highest BCUT2D eigenvalue weighted by Gasteiger charge is 2.78. The number of rotatable bonds is 3. The van der Waals surface area contributed by atoms with Crippen LogP contribution in [0.15, 0.2) is 24.3 Å². The summed E-state index contributed by atoms with van der Waals surface area (Å²) in [4.78, 5) is 49.4. The van der Waals surface area contributed by atoms with Gasteiger partial charge in [0.05, 0.1) is 12.7 Å². The van der Waals surface area contributed by atoms with E-state index in [0.29, 0.717) is 18.4 Å². The highest BCUT2D eigenvalue weighted by Crippen LogP contribution is 2.69. The monoisotopic (exact) mass is 344 g/mol. The van der Waals surface area contributed by atoms with Crippen LogP contribution in [0.4, 0.5) is 0 Å². The van der Waals surface area contributed by atoms with Crippen LogP contribution in [0.1, 0.15) is 44.0 Å². The van der Waals surface area contributed by atoms with Gasteiger partial charge in [-0.15, -0.1) is 0 Å². The van der Waals surface area contributed by atoms with E-state index in [1.807, 2.05) is 0 Å². The smallest absolute Gasteiger partial charge is 0.337 e. The molecular formula is C19H20O6. The van der Waals surface area contributed by atoms with Crippen molar-refractivity contribution < 1.29 is 28.7 Å². The SMILES string of the molecule is COC(=O)c1ccc(OC(=O)[C@@]23CC[C@](C)(C(=O)C2=O)C3(C)C)cc1. The van der Waals surface area contributed by atoms with Crippen molar-refractivity contribution >= 4 is 23.5 Å². The van der Waals surface area contributed by atoms with E-state index in [1.165, 1.54) is 31.4 Å². The highest BCUT2D eigenvalue weighted by molar-refractivity contribution is 6.48. The fourth-order valence-corrected chi connectivity index (χ4v) is 4.19. The number of esters is 2. The number of ether oxygens (including phenoxy) is 2. The van der Waals surface area contributed by atoms with E-state index in [4.69, 9.17) is 4.74 Å². The average molecular weight is 344 g/mol. The first kappa shape index (κ1) is 17.3. The molecule has 2 aliphatic rings. The molecule has 0 heterocycles. The molecule has 2 aliphatic carbocycles. The number of hydrogen-bond donors (Lipinski definition) is 0. The topological polar surface area (TPSA) is 86.7 Å². The van der Waals surface area contributed by atoms with E-state index in [1.54, 1.807) is 20.8 Å². The van der Waals surface area contributed by atoms with Crippen molar-refractivity contribution in [3.63, 3.8) is 0 Å². The molecule has 0 aromatic heterocycles. The third-order valence-corrected chi connectivity index (χ3v) is 6.38. The molecule has 0 aliphatic heterocycles. The molecule has 2 atom stereocenters. The molecule has 3 rings (SSSR count). The van der Waals surface area contributed by atoms with Gasteiger partial charge in [-0.3, -0.25) is 14.4 Å². The van der Waals surface area contributed by atoms with E-state index < -0.39 is 39.8 Å². The number of carbonyl (C=O) groups excluding carboxylic acids is 4. The molecule has 1 aromatic rings. The lowest BCUT2D eigenvalue weighted by Crippen LogP contribution is -2.47. The highest BCUT2D eigenvalue weighted by atomic mass is 16.5. The lowest BCUT2D eigenvalue weighted by Gasteiger charge is -2.36. The second-order valence-corrected chi connectivity index (χ2v) is 7.43. The molecule has 0 N–H and O–H groups in total. The summed E-state index contributed by atoms with van der Waals surface area (Å²) < 4.78 is 10.0. The maximum atomic E-state index is 12.9. The molecule has 0 amide bonds. The van der Waals surface area contributed by atoms with E-state index >= 15 is 0 Å². The molecule has 0 saturated heterocycles. The summed E-state index contributed by atoms with van der Waals surface area (Å²) in [6, 6.07) is 5.86. The predicted molar refractivity (Wildman–Crippen MR) is 87.0 cm³/mol. The van der Waals surface area contributed by atoms with E-state index in [-0.39, 0.29) is 5.75 Å². The van der Waals surface area contributed by atoms with Gasteiger partial charge in [-0.05, 0) is 37.1 Å². The third-order valence-electron chi connectivity index (χ3n) is 6.38. The molecule has 0 unspecified atom stereocenters. The Morgan fingerprint density at radius 2 is 1.56 bits per heavy atom. The van der Waals surface area contributed by atoms with Gasteiger partial charge in [-0.1, -0.05) is 20.8 Å². The molecule has 0 spiro atoms. The van der Waals surface area contributed by atoms with Crippen LogP contribution in [0.3, 0.4) is 0 Å². The molecule has 132 valence electrons. The van der Waals surface area contributed by atoms with E-state index in [0.717, 1.165) is 0 Å². The summed E-state index contributed by atoms with van der Waals surface area (Å²) in [5.41, 5.74) is -2.77. The van der Waals surface area contributed by atoms with Crippen LogP contribution in [-0.2, 0) is 19.1 Å². The first-order valence-electron chi connectivity index (χ1n) is 8.12. The second-order valence-electron chi connectivity index (χ2n) is 7.43. The van der Waals surface area contributed by atoms with Crippen molar-refractivity contribution in [3.05, 3.63) is 29.8 Å². The van der Waals surface area contributed by atoms with Gasteiger partial charge < -0.3 is 9.47 Å². The third kappa shape index (κ3) is 1.97. The van der Waals surface area contributed by atoms with Crippen molar-refractivity contribution in [1.82, 2.24) is 0 Å². The first-order chi connectivity index (χ1) is 11.6. The minimum absolute atomic E-state index is 0.212. The zero-order valence-corrected chi connectivity index (χ0v) is 14.7. The number of methoxy groups -OCH3 is 1. The van der Waals surface area contributed by atoms with Crippen LogP contribution in [0.5, 0.6) is 5.75 Å². The number of benzene rings is 1. The number of Topliss-reactive ketones (excluding diaryl/α,β-unsaturated/α-hetero) is 2. The number of ketones is 2. The van der Waals surface area contributed by atoms with Crippen LogP contribution in [-0.4, -0.2) is 30.6 Å². The molecule has 6 heteroatoms. The number of carbonyl (C=O) groups is 4. The zero-order chi connectivity index (χ0) is 18.6. The largest absolute Gasteiger partial charge is 0.465 e. The minimum Gasteiger partial charge on any atom is -0.465 e. The summed E-state index contributed by atoms with van der Waals surface area (Å²) in [5.74, 6) is -2.13.